The van der Waals surface area contributed by atoms with E-state index < -0.39 is 28.6 Å². The molecule has 0 unspecified atom stereocenters. The molecule has 8 atom stereocenters. The number of ketones is 1. The summed E-state index contributed by atoms with van der Waals surface area (Å²) in [5, 5.41) is 0. The second-order valence-electron chi connectivity index (χ2n) is 10.8. The van der Waals surface area contributed by atoms with Crippen molar-refractivity contribution in [3.05, 3.63) is 23.3 Å². The van der Waals surface area contributed by atoms with Gasteiger partial charge in [0.25, 0.3) is 0 Å². The van der Waals surface area contributed by atoms with Crippen molar-refractivity contribution in [2.24, 2.45) is 28.6 Å². The molecule has 31 heavy (non-hydrogen) atoms. The number of allylic oxidation sites excluding steroid dienone is 3. The van der Waals surface area contributed by atoms with Crippen LogP contribution in [-0.2, 0) is 28.6 Å². The number of ether oxygens (including phenoxy) is 3. The molecule has 0 amide bonds. The molecule has 0 spiro atoms. The summed E-state index contributed by atoms with van der Waals surface area (Å²) in [7, 11) is 0. The highest BCUT2D eigenvalue weighted by Crippen LogP contribution is 2.72. The van der Waals surface area contributed by atoms with E-state index in [1.807, 2.05) is 13.8 Å². The van der Waals surface area contributed by atoms with Crippen molar-refractivity contribution in [2.45, 2.75) is 85.7 Å². The van der Waals surface area contributed by atoms with E-state index in [9.17, 15) is 14.4 Å². The third kappa shape index (κ3) is 2.90. The summed E-state index contributed by atoms with van der Waals surface area (Å²) in [6.45, 7) is 15.3. The van der Waals surface area contributed by atoms with Crippen LogP contribution in [0.15, 0.2) is 23.3 Å². The largest absolute Gasteiger partial charge is 0.459 e. The number of epoxide rings is 1. The van der Waals surface area contributed by atoms with Gasteiger partial charge in [0.2, 0.25) is 0 Å². The number of hydrogen-bond donors (Lipinski definition) is 0. The third-order valence-electron chi connectivity index (χ3n) is 8.84. The second kappa shape index (κ2) is 6.77. The first-order valence-corrected chi connectivity index (χ1v) is 11.2. The van der Waals surface area contributed by atoms with Crippen molar-refractivity contribution in [1.29, 1.82) is 0 Å². The third-order valence-corrected chi connectivity index (χ3v) is 8.84. The molecular weight excluding hydrogens is 396 g/mol. The molecule has 0 radical (unpaired) electrons. The summed E-state index contributed by atoms with van der Waals surface area (Å²) < 4.78 is 17.6. The molecule has 4 aliphatic carbocycles. The number of carbonyl (C=O) groups excluding carboxylic acids is 3. The summed E-state index contributed by atoms with van der Waals surface area (Å²) in [6, 6.07) is 0. The second-order valence-corrected chi connectivity index (χ2v) is 10.8. The van der Waals surface area contributed by atoms with E-state index in [2.05, 4.69) is 20.8 Å². The maximum Gasteiger partial charge on any atom is 0.341 e. The van der Waals surface area contributed by atoms with Crippen molar-refractivity contribution in [2.75, 3.05) is 0 Å². The highest BCUT2D eigenvalue weighted by atomic mass is 16.7. The Morgan fingerprint density at radius 2 is 1.74 bits per heavy atom. The van der Waals surface area contributed by atoms with Gasteiger partial charge in [0, 0.05) is 28.7 Å². The fourth-order valence-electron chi connectivity index (χ4n) is 6.44. The number of carbonyl (C=O) groups is 3. The Hall–Kier alpha value is -1.95. The van der Waals surface area contributed by atoms with E-state index in [-0.39, 0.29) is 41.6 Å². The lowest BCUT2D eigenvalue weighted by molar-refractivity contribution is -0.202. The Balaban J connectivity index is 1.73. The Bertz CT molecular complexity index is 913. The minimum atomic E-state index is -0.926. The van der Waals surface area contributed by atoms with Crippen LogP contribution in [0.1, 0.15) is 61.8 Å². The molecule has 4 fully saturated rings. The highest BCUT2D eigenvalue weighted by Gasteiger charge is 2.74. The summed E-state index contributed by atoms with van der Waals surface area (Å²) in [6.07, 6.45) is 2.63. The highest BCUT2D eigenvalue weighted by molar-refractivity contribution is 5.97. The molecule has 6 nitrogen and oxygen atoms in total. The molecule has 0 aromatic carbocycles. The lowest BCUT2D eigenvalue weighted by Gasteiger charge is -2.65. The van der Waals surface area contributed by atoms with Gasteiger partial charge in [-0.1, -0.05) is 32.4 Å². The van der Waals surface area contributed by atoms with Gasteiger partial charge in [0.05, 0.1) is 6.10 Å². The lowest BCUT2D eigenvalue weighted by atomic mass is 9.37. The predicted molar refractivity (Wildman–Crippen MR) is 114 cm³/mol. The van der Waals surface area contributed by atoms with Gasteiger partial charge in [0.1, 0.15) is 12.2 Å². The Labute approximate surface area is 184 Å². The van der Waals surface area contributed by atoms with Crippen LogP contribution < -0.4 is 0 Å². The molecule has 5 aliphatic rings. The van der Waals surface area contributed by atoms with Crippen molar-refractivity contribution in [3.63, 3.8) is 0 Å². The molecule has 1 aliphatic heterocycles. The van der Waals surface area contributed by atoms with Gasteiger partial charge in [-0.2, -0.15) is 0 Å². The molecule has 0 aromatic heterocycles. The van der Waals surface area contributed by atoms with Crippen molar-refractivity contribution >= 4 is 17.7 Å². The molecule has 4 bridgehead atoms. The fraction of sp³-hybridized carbons (Fsp3) is 0.720. The number of hydrogen-bond acceptors (Lipinski definition) is 6. The maximum atomic E-state index is 13.1. The van der Waals surface area contributed by atoms with Gasteiger partial charge < -0.3 is 14.2 Å². The van der Waals surface area contributed by atoms with Gasteiger partial charge in [0.15, 0.2) is 11.4 Å². The summed E-state index contributed by atoms with van der Waals surface area (Å²) in [4.78, 5) is 38.8. The van der Waals surface area contributed by atoms with Crippen molar-refractivity contribution in [1.82, 2.24) is 0 Å². The fourth-order valence-corrected chi connectivity index (χ4v) is 6.44. The van der Waals surface area contributed by atoms with E-state index >= 15 is 0 Å². The summed E-state index contributed by atoms with van der Waals surface area (Å²) >= 11 is 0. The van der Waals surface area contributed by atoms with Crippen LogP contribution in [-0.4, -0.2) is 41.6 Å². The van der Waals surface area contributed by atoms with Crippen LogP contribution in [0.2, 0.25) is 0 Å². The number of fused-ring (bicyclic) bond motifs is 3. The van der Waals surface area contributed by atoms with Gasteiger partial charge >= 0.3 is 11.9 Å². The zero-order valence-corrected chi connectivity index (χ0v) is 19.8. The van der Waals surface area contributed by atoms with E-state index in [1.165, 1.54) is 0 Å². The number of esters is 2. The minimum absolute atomic E-state index is 0.0321. The van der Waals surface area contributed by atoms with Crippen LogP contribution in [0, 0.1) is 28.6 Å². The van der Waals surface area contributed by atoms with Gasteiger partial charge in [-0.15, -0.1) is 0 Å². The monoisotopic (exact) mass is 430 g/mol. The van der Waals surface area contributed by atoms with Gasteiger partial charge in [-0.05, 0) is 52.5 Å². The van der Waals surface area contributed by atoms with E-state index in [1.54, 1.807) is 32.9 Å². The summed E-state index contributed by atoms with van der Waals surface area (Å²) in [5.41, 5.74) is -0.343. The molecule has 0 N–H and O–H groups in total. The average Bonchev–Trinajstić information content (AvgIpc) is 3.32. The smallest absolute Gasteiger partial charge is 0.341 e. The molecule has 1 saturated heterocycles. The molecule has 1 heterocycles. The van der Waals surface area contributed by atoms with E-state index in [4.69, 9.17) is 14.2 Å². The minimum Gasteiger partial charge on any atom is -0.459 e. The molecule has 6 heteroatoms. The maximum absolute atomic E-state index is 13.1. The quantitative estimate of drug-likeness (QED) is 0.383. The van der Waals surface area contributed by atoms with E-state index in [0.717, 1.165) is 5.57 Å². The van der Waals surface area contributed by atoms with E-state index in [0.29, 0.717) is 12.0 Å². The molecule has 5 rings (SSSR count). The number of rotatable bonds is 4. The van der Waals surface area contributed by atoms with Crippen LogP contribution >= 0.6 is 0 Å². The van der Waals surface area contributed by atoms with Gasteiger partial charge in [-0.3, -0.25) is 4.79 Å². The first kappa shape index (κ1) is 22.3. The standard InChI is InChI=1S/C25H34O6/c1-9-12(2)21(27)29-17-11-16(30-22(28)25(8)14(4)31-25)23(5,6)20-18-13(3)10-15(26)19(20)24(17,18)7/h9-10,14,16-20H,11H2,1-8H3/b12-9-/t14-,16-,17-,18-,19-,20+,24+,25+/m1/s1. The normalized spacial score (nSPS) is 45.1. The SMILES string of the molecule is C/C=C(/C)C(=O)O[C@@H]1C[C@@H](OC(=O)[C@@]2(C)O[C@@H]2C)C(C)(C)[C@@H]2[C@H]3C(=O)C=C(C)[C@H]2[C@@]31C. The Morgan fingerprint density at radius 1 is 1.13 bits per heavy atom. The molecular formula is C25H34O6. The van der Waals surface area contributed by atoms with Crippen molar-refractivity contribution in [3.8, 4) is 0 Å². The Kier molecular flexibility index (Phi) is 4.86. The molecule has 3 saturated carbocycles. The predicted octanol–water partition coefficient (Wildman–Crippen LogP) is 3.78. The van der Waals surface area contributed by atoms with Crippen LogP contribution in [0.25, 0.3) is 0 Å². The first-order chi connectivity index (χ1) is 14.3. The van der Waals surface area contributed by atoms with Crippen LogP contribution in [0.5, 0.6) is 0 Å². The zero-order chi connectivity index (χ0) is 23.1. The first-order valence-electron chi connectivity index (χ1n) is 11.2. The Morgan fingerprint density at radius 3 is 2.26 bits per heavy atom. The van der Waals surface area contributed by atoms with Gasteiger partial charge in [-0.25, -0.2) is 9.59 Å². The lowest BCUT2D eigenvalue weighted by Crippen LogP contribution is -2.67. The van der Waals surface area contributed by atoms with Crippen LogP contribution in [0.3, 0.4) is 0 Å². The van der Waals surface area contributed by atoms with Crippen LogP contribution in [0.4, 0.5) is 0 Å². The zero-order valence-electron chi connectivity index (χ0n) is 19.8. The topological polar surface area (TPSA) is 82.2 Å². The molecule has 0 aromatic rings. The summed E-state index contributed by atoms with van der Waals surface area (Å²) in [5.74, 6) is -0.812. The average molecular weight is 431 g/mol. The molecule has 170 valence electrons. The van der Waals surface area contributed by atoms with Crippen molar-refractivity contribution < 1.29 is 28.6 Å².